The Bertz CT molecular complexity index is 399. The summed E-state index contributed by atoms with van der Waals surface area (Å²) in [4.78, 5) is 13.9. The summed E-state index contributed by atoms with van der Waals surface area (Å²) in [5.74, 6) is 1.16. The number of carbonyl (C=O) groups excluding carboxylic acids is 1. The topological polar surface area (TPSA) is 70.4 Å². The second-order valence-corrected chi connectivity index (χ2v) is 4.75. The lowest BCUT2D eigenvalue weighted by Gasteiger charge is -2.22. The first-order chi connectivity index (χ1) is 8.65. The van der Waals surface area contributed by atoms with Gasteiger partial charge in [-0.2, -0.15) is 0 Å². The van der Waals surface area contributed by atoms with Crippen molar-refractivity contribution in [1.82, 2.24) is 15.4 Å². The van der Waals surface area contributed by atoms with Crippen LogP contribution in [0.25, 0.3) is 0 Å². The molecule has 1 atom stereocenters. The van der Waals surface area contributed by atoms with Crippen LogP contribution in [0.15, 0.2) is 10.6 Å². The summed E-state index contributed by atoms with van der Waals surface area (Å²) in [5, 5.41) is 9.77. The van der Waals surface area contributed by atoms with Gasteiger partial charge in [-0.3, -0.25) is 4.79 Å². The molecule has 1 aliphatic heterocycles. The Morgan fingerprint density at radius 2 is 2.56 bits per heavy atom. The summed E-state index contributed by atoms with van der Waals surface area (Å²) < 4.78 is 4.89. The number of anilines is 1. The summed E-state index contributed by atoms with van der Waals surface area (Å²) >= 11 is 0. The Morgan fingerprint density at radius 3 is 3.17 bits per heavy atom. The number of nitrogens with one attached hydrogen (secondary N) is 2. The number of hydrogen-bond acceptors (Lipinski definition) is 5. The van der Waals surface area contributed by atoms with E-state index in [9.17, 15) is 4.79 Å². The van der Waals surface area contributed by atoms with Crippen LogP contribution < -0.4 is 10.6 Å². The summed E-state index contributed by atoms with van der Waals surface area (Å²) in [6, 6.07) is 2.26. The molecule has 1 amide bonds. The SMILES string of the molecule is Cc1cc(NC(=O)CCN(C)C2CCNC2)no1. The number of nitrogens with zero attached hydrogens (tertiary/aromatic N) is 2. The van der Waals surface area contributed by atoms with Crippen molar-refractivity contribution in [3.8, 4) is 0 Å². The maximum Gasteiger partial charge on any atom is 0.226 e. The number of hydrogen-bond donors (Lipinski definition) is 2. The third-order valence-corrected chi connectivity index (χ3v) is 3.24. The van der Waals surface area contributed by atoms with Gasteiger partial charge in [0.1, 0.15) is 5.76 Å². The van der Waals surface area contributed by atoms with Crippen LogP contribution in [0.1, 0.15) is 18.6 Å². The standard InChI is InChI=1S/C12H20N4O2/c1-9-7-11(15-18-9)14-12(17)4-6-16(2)10-3-5-13-8-10/h7,10,13H,3-6,8H2,1-2H3,(H,14,15,17). The van der Waals surface area contributed by atoms with E-state index < -0.39 is 0 Å². The number of carbonyl (C=O) groups is 1. The molecule has 0 aliphatic carbocycles. The molecule has 1 aromatic heterocycles. The van der Waals surface area contributed by atoms with Gasteiger partial charge in [0.2, 0.25) is 5.91 Å². The number of rotatable bonds is 5. The zero-order valence-electron chi connectivity index (χ0n) is 10.9. The van der Waals surface area contributed by atoms with Gasteiger partial charge in [-0.15, -0.1) is 0 Å². The Kier molecular flexibility index (Phi) is 4.33. The zero-order valence-corrected chi connectivity index (χ0v) is 10.9. The molecule has 18 heavy (non-hydrogen) atoms. The average Bonchev–Trinajstić information content (AvgIpc) is 2.97. The van der Waals surface area contributed by atoms with Gasteiger partial charge >= 0.3 is 0 Å². The van der Waals surface area contributed by atoms with E-state index in [1.807, 2.05) is 0 Å². The van der Waals surface area contributed by atoms with Crippen LogP contribution in [0, 0.1) is 6.92 Å². The molecule has 0 saturated carbocycles. The molecule has 0 aromatic carbocycles. The van der Waals surface area contributed by atoms with Crippen molar-refractivity contribution in [2.75, 3.05) is 32.0 Å². The van der Waals surface area contributed by atoms with Gasteiger partial charge in [0.15, 0.2) is 5.82 Å². The van der Waals surface area contributed by atoms with Crippen molar-refractivity contribution >= 4 is 11.7 Å². The van der Waals surface area contributed by atoms with E-state index in [-0.39, 0.29) is 5.91 Å². The molecule has 0 bridgehead atoms. The minimum atomic E-state index is -0.0268. The van der Waals surface area contributed by atoms with E-state index in [4.69, 9.17) is 4.52 Å². The van der Waals surface area contributed by atoms with Crippen molar-refractivity contribution in [2.24, 2.45) is 0 Å². The first-order valence-electron chi connectivity index (χ1n) is 6.29. The highest BCUT2D eigenvalue weighted by Gasteiger charge is 2.19. The Labute approximate surface area is 107 Å². The van der Waals surface area contributed by atoms with Crippen LogP contribution in [0.3, 0.4) is 0 Å². The molecule has 6 heteroatoms. The molecule has 1 aromatic rings. The molecule has 0 spiro atoms. The van der Waals surface area contributed by atoms with Crippen molar-refractivity contribution in [3.05, 3.63) is 11.8 Å². The lowest BCUT2D eigenvalue weighted by atomic mass is 10.2. The molecule has 2 heterocycles. The lowest BCUT2D eigenvalue weighted by molar-refractivity contribution is -0.116. The van der Waals surface area contributed by atoms with Gasteiger partial charge in [0.05, 0.1) is 0 Å². The van der Waals surface area contributed by atoms with Gasteiger partial charge in [-0.05, 0) is 26.9 Å². The molecular weight excluding hydrogens is 232 g/mol. The first-order valence-corrected chi connectivity index (χ1v) is 6.29. The Balaban J connectivity index is 1.71. The van der Waals surface area contributed by atoms with Crippen LogP contribution >= 0.6 is 0 Å². The number of aromatic nitrogens is 1. The van der Waals surface area contributed by atoms with E-state index in [2.05, 4.69) is 27.7 Å². The Morgan fingerprint density at radius 1 is 1.72 bits per heavy atom. The number of amides is 1. The average molecular weight is 252 g/mol. The van der Waals surface area contributed by atoms with Crippen molar-refractivity contribution in [1.29, 1.82) is 0 Å². The highest BCUT2D eigenvalue weighted by molar-refractivity contribution is 5.89. The van der Waals surface area contributed by atoms with Crippen molar-refractivity contribution < 1.29 is 9.32 Å². The van der Waals surface area contributed by atoms with E-state index in [1.165, 1.54) is 0 Å². The fraction of sp³-hybridized carbons (Fsp3) is 0.667. The van der Waals surface area contributed by atoms with Crippen LogP contribution in [0.2, 0.25) is 0 Å². The summed E-state index contributed by atoms with van der Waals surface area (Å²) in [6.45, 7) is 4.64. The number of aryl methyl sites for hydroxylation is 1. The second-order valence-electron chi connectivity index (χ2n) is 4.75. The zero-order chi connectivity index (χ0) is 13.0. The van der Waals surface area contributed by atoms with E-state index in [0.29, 0.717) is 24.0 Å². The normalized spacial score (nSPS) is 19.4. The Hall–Kier alpha value is -1.40. The molecule has 1 unspecified atom stereocenters. The van der Waals surface area contributed by atoms with Crippen molar-refractivity contribution in [3.63, 3.8) is 0 Å². The third kappa shape index (κ3) is 3.54. The quantitative estimate of drug-likeness (QED) is 0.803. The molecule has 100 valence electrons. The predicted octanol–water partition coefficient (Wildman–Crippen LogP) is 0.605. The molecule has 1 fully saturated rings. The molecule has 2 rings (SSSR count). The fourth-order valence-electron chi connectivity index (χ4n) is 2.11. The summed E-state index contributed by atoms with van der Waals surface area (Å²) in [7, 11) is 2.06. The van der Waals surface area contributed by atoms with Crippen LogP contribution in [0.4, 0.5) is 5.82 Å². The van der Waals surface area contributed by atoms with Gasteiger partial charge in [0, 0.05) is 31.6 Å². The maximum absolute atomic E-state index is 11.7. The molecule has 2 N–H and O–H groups in total. The van der Waals surface area contributed by atoms with Crippen molar-refractivity contribution in [2.45, 2.75) is 25.8 Å². The summed E-state index contributed by atoms with van der Waals surface area (Å²) in [5.41, 5.74) is 0. The van der Waals surface area contributed by atoms with Crippen LogP contribution in [-0.4, -0.2) is 48.7 Å². The largest absolute Gasteiger partial charge is 0.360 e. The first kappa shape index (κ1) is 13.0. The lowest BCUT2D eigenvalue weighted by Crippen LogP contribution is -2.35. The molecule has 1 aliphatic rings. The molecular formula is C12H20N4O2. The fourth-order valence-corrected chi connectivity index (χ4v) is 2.11. The van der Waals surface area contributed by atoms with Gasteiger partial charge < -0.3 is 20.1 Å². The van der Waals surface area contributed by atoms with E-state index in [1.54, 1.807) is 13.0 Å². The molecule has 6 nitrogen and oxygen atoms in total. The highest BCUT2D eigenvalue weighted by atomic mass is 16.5. The predicted molar refractivity (Wildman–Crippen MR) is 68.4 cm³/mol. The van der Waals surface area contributed by atoms with Crippen LogP contribution in [0.5, 0.6) is 0 Å². The third-order valence-electron chi connectivity index (χ3n) is 3.24. The van der Waals surface area contributed by atoms with Crippen LogP contribution in [-0.2, 0) is 4.79 Å². The smallest absolute Gasteiger partial charge is 0.226 e. The summed E-state index contributed by atoms with van der Waals surface area (Å²) in [6.07, 6.45) is 1.62. The van der Waals surface area contributed by atoms with E-state index >= 15 is 0 Å². The minimum Gasteiger partial charge on any atom is -0.360 e. The monoisotopic (exact) mass is 252 g/mol. The molecule has 1 saturated heterocycles. The highest BCUT2D eigenvalue weighted by Crippen LogP contribution is 2.09. The maximum atomic E-state index is 11.7. The number of likely N-dealkylation sites (N-methyl/N-ethyl adjacent to an activating group) is 1. The second kappa shape index (κ2) is 5.97. The van der Waals surface area contributed by atoms with E-state index in [0.717, 1.165) is 26.1 Å². The van der Waals surface area contributed by atoms with Gasteiger partial charge in [-0.25, -0.2) is 0 Å². The van der Waals surface area contributed by atoms with Gasteiger partial charge in [-0.1, -0.05) is 5.16 Å². The van der Waals surface area contributed by atoms with Gasteiger partial charge in [0.25, 0.3) is 0 Å². The molecule has 0 radical (unpaired) electrons. The minimum absolute atomic E-state index is 0.0268.